The molecule has 130 valence electrons. The molecule has 0 bridgehead atoms. The molecule has 0 aliphatic carbocycles. The third kappa shape index (κ3) is 5.65. The van der Waals surface area contributed by atoms with E-state index in [2.05, 4.69) is 5.32 Å². The maximum atomic E-state index is 12.2. The molecule has 1 N–H and O–H groups in total. The molecule has 2 amide bonds. The molecule has 6 heteroatoms. The van der Waals surface area contributed by atoms with Crippen molar-refractivity contribution >= 4 is 29.5 Å². The second-order valence-electron chi connectivity index (χ2n) is 5.77. The van der Waals surface area contributed by atoms with E-state index < -0.39 is 0 Å². The summed E-state index contributed by atoms with van der Waals surface area (Å²) in [5.41, 5.74) is 0.931. The molecule has 0 atom stereocenters. The third-order valence-corrected chi connectivity index (χ3v) is 4.32. The van der Waals surface area contributed by atoms with E-state index in [-0.39, 0.29) is 17.7 Å². The molecular formula is C18H23ClN2O3. The van der Waals surface area contributed by atoms with Crippen LogP contribution in [0.3, 0.4) is 0 Å². The lowest BCUT2D eigenvalue weighted by Gasteiger charge is -2.30. The van der Waals surface area contributed by atoms with Crippen LogP contribution >= 0.6 is 11.6 Å². The van der Waals surface area contributed by atoms with Crippen molar-refractivity contribution in [2.45, 2.75) is 12.8 Å². The molecule has 0 unspecified atom stereocenters. The average molecular weight is 351 g/mol. The fourth-order valence-corrected chi connectivity index (χ4v) is 2.76. The van der Waals surface area contributed by atoms with E-state index in [0.717, 1.165) is 5.56 Å². The van der Waals surface area contributed by atoms with E-state index in [4.69, 9.17) is 16.3 Å². The quantitative estimate of drug-likeness (QED) is 0.633. The number of rotatable bonds is 6. The highest BCUT2D eigenvalue weighted by atomic mass is 35.5. The van der Waals surface area contributed by atoms with E-state index in [1.165, 1.54) is 0 Å². The molecule has 24 heavy (non-hydrogen) atoms. The Hall–Kier alpha value is -1.85. The van der Waals surface area contributed by atoms with Crippen molar-refractivity contribution in [1.29, 1.82) is 0 Å². The normalized spacial score (nSPS) is 15.7. The second kappa shape index (κ2) is 9.45. The number of benzene rings is 1. The van der Waals surface area contributed by atoms with E-state index in [1.54, 1.807) is 36.3 Å². The first-order valence-corrected chi connectivity index (χ1v) is 8.47. The fraction of sp³-hybridized carbons (Fsp3) is 0.444. The highest BCUT2D eigenvalue weighted by Gasteiger charge is 2.26. The first kappa shape index (κ1) is 18.5. The van der Waals surface area contributed by atoms with Gasteiger partial charge >= 0.3 is 0 Å². The maximum Gasteiger partial charge on any atom is 0.246 e. The van der Waals surface area contributed by atoms with Gasteiger partial charge in [0.05, 0.1) is 6.61 Å². The fourth-order valence-electron chi connectivity index (χ4n) is 2.63. The molecule has 1 saturated heterocycles. The number of likely N-dealkylation sites (tertiary alicyclic amines) is 1. The van der Waals surface area contributed by atoms with Crippen molar-refractivity contribution in [2.24, 2.45) is 5.92 Å². The number of piperidine rings is 1. The molecule has 1 aliphatic rings. The van der Waals surface area contributed by atoms with Crippen molar-refractivity contribution in [3.05, 3.63) is 40.9 Å². The minimum absolute atomic E-state index is 0.0221. The number of halogens is 1. The van der Waals surface area contributed by atoms with E-state index in [1.807, 2.05) is 12.1 Å². The SMILES string of the molecule is COCCNC(=O)C1CCN(C(=O)C=Cc2ccc(Cl)cc2)CC1. The van der Waals surface area contributed by atoms with Gasteiger partial charge in [-0.1, -0.05) is 23.7 Å². The Morgan fingerprint density at radius 3 is 2.58 bits per heavy atom. The van der Waals surface area contributed by atoms with Gasteiger partial charge in [0.2, 0.25) is 11.8 Å². The molecule has 1 aromatic rings. The molecule has 5 nitrogen and oxygen atoms in total. The summed E-state index contributed by atoms with van der Waals surface area (Å²) in [5, 5.41) is 3.53. The van der Waals surface area contributed by atoms with Gasteiger partial charge in [-0.15, -0.1) is 0 Å². The zero-order chi connectivity index (χ0) is 17.4. The molecule has 0 spiro atoms. The van der Waals surface area contributed by atoms with Crippen LogP contribution in [0.2, 0.25) is 5.02 Å². The standard InChI is InChI=1S/C18H23ClN2O3/c1-24-13-10-20-18(23)15-8-11-21(12-9-15)17(22)7-4-14-2-5-16(19)6-3-14/h2-7,15H,8-13H2,1H3,(H,20,23). The van der Waals surface area contributed by atoms with Crippen LogP contribution in [0.5, 0.6) is 0 Å². The summed E-state index contributed by atoms with van der Waals surface area (Å²) >= 11 is 5.84. The molecule has 0 saturated carbocycles. The van der Waals surface area contributed by atoms with Crippen molar-refractivity contribution in [3.63, 3.8) is 0 Å². The number of nitrogens with one attached hydrogen (secondary N) is 1. The Bertz CT molecular complexity index is 578. The molecule has 1 fully saturated rings. The van der Waals surface area contributed by atoms with Gasteiger partial charge in [-0.2, -0.15) is 0 Å². The first-order valence-electron chi connectivity index (χ1n) is 8.09. The summed E-state index contributed by atoms with van der Waals surface area (Å²) in [6.45, 7) is 2.25. The number of nitrogens with zero attached hydrogens (tertiary/aromatic N) is 1. The molecule has 1 heterocycles. The van der Waals surface area contributed by atoms with Crippen LogP contribution in [-0.4, -0.2) is 50.1 Å². The van der Waals surface area contributed by atoms with Gasteiger partial charge in [0.1, 0.15) is 0 Å². The van der Waals surface area contributed by atoms with E-state index in [0.29, 0.717) is 44.1 Å². The number of hydrogen-bond donors (Lipinski definition) is 1. The van der Waals surface area contributed by atoms with Gasteiger partial charge in [0.15, 0.2) is 0 Å². The highest BCUT2D eigenvalue weighted by molar-refractivity contribution is 6.30. The molecule has 1 aromatic carbocycles. The van der Waals surface area contributed by atoms with Crippen LogP contribution < -0.4 is 5.32 Å². The monoisotopic (exact) mass is 350 g/mol. The van der Waals surface area contributed by atoms with Crippen LogP contribution in [0.15, 0.2) is 30.3 Å². The zero-order valence-corrected chi connectivity index (χ0v) is 14.6. The van der Waals surface area contributed by atoms with Gasteiger partial charge in [-0.05, 0) is 36.6 Å². The number of ether oxygens (including phenoxy) is 1. The zero-order valence-electron chi connectivity index (χ0n) is 13.8. The Balaban J connectivity index is 1.78. The molecule has 1 aliphatic heterocycles. The number of carbonyl (C=O) groups excluding carboxylic acids is 2. The van der Waals surface area contributed by atoms with Crippen LogP contribution in [0, 0.1) is 5.92 Å². The lowest BCUT2D eigenvalue weighted by atomic mass is 9.96. The molecule has 0 radical (unpaired) electrons. The lowest BCUT2D eigenvalue weighted by molar-refractivity contribution is -0.132. The van der Waals surface area contributed by atoms with Crippen molar-refractivity contribution in [3.8, 4) is 0 Å². The van der Waals surface area contributed by atoms with Crippen LogP contribution in [0.4, 0.5) is 0 Å². The summed E-state index contributed by atoms with van der Waals surface area (Å²) in [6, 6.07) is 7.31. The summed E-state index contributed by atoms with van der Waals surface area (Å²) in [4.78, 5) is 26.0. The summed E-state index contributed by atoms with van der Waals surface area (Å²) < 4.78 is 4.92. The predicted molar refractivity (Wildman–Crippen MR) is 94.7 cm³/mol. The van der Waals surface area contributed by atoms with Gasteiger partial charge in [-0.25, -0.2) is 0 Å². The Morgan fingerprint density at radius 1 is 1.29 bits per heavy atom. The summed E-state index contributed by atoms with van der Waals surface area (Å²) in [5.74, 6) is 0.00481. The average Bonchev–Trinajstić information content (AvgIpc) is 2.61. The number of hydrogen-bond acceptors (Lipinski definition) is 3. The summed E-state index contributed by atoms with van der Waals surface area (Å²) in [7, 11) is 1.60. The van der Waals surface area contributed by atoms with Gasteiger partial charge in [0, 0.05) is 43.8 Å². The van der Waals surface area contributed by atoms with Crippen LogP contribution in [-0.2, 0) is 14.3 Å². The Labute approximate surface area is 147 Å². The third-order valence-electron chi connectivity index (χ3n) is 4.07. The topological polar surface area (TPSA) is 58.6 Å². The van der Waals surface area contributed by atoms with E-state index >= 15 is 0 Å². The van der Waals surface area contributed by atoms with Gasteiger partial charge in [0.25, 0.3) is 0 Å². The molecular weight excluding hydrogens is 328 g/mol. The molecule has 0 aromatic heterocycles. The Kier molecular flexibility index (Phi) is 7.28. The minimum Gasteiger partial charge on any atom is -0.383 e. The first-order chi connectivity index (χ1) is 11.6. The second-order valence-corrected chi connectivity index (χ2v) is 6.20. The Morgan fingerprint density at radius 2 is 1.96 bits per heavy atom. The van der Waals surface area contributed by atoms with Gasteiger partial charge in [-0.3, -0.25) is 9.59 Å². The van der Waals surface area contributed by atoms with Crippen LogP contribution in [0.1, 0.15) is 18.4 Å². The minimum atomic E-state index is -0.0248. The van der Waals surface area contributed by atoms with E-state index in [9.17, 15) is 9.59 Å². The maximum absolute atomic E-state index is 12.2. The van der Waals surface area contributed by atoms with Crippen molar-refractivity contribution < 1.29 is 14.3 Å². The van der Waals surface area contributed by atoms with Crippen LogP contribution in [0.25, 0.3) is 6.08 Å². The van der Waals surface area contributed by atoms with Crippen molar-refractivity contribution in [2.75, 3.05) is 33.4 Å². The smallest absolute Gasteiger partial charge is 0.246 e. The number of carbonyl (C=O) groups is 2. The van der Waals surface area contributed by atoms with Crippen molar-refractivity contribution in [1.82, 2.24) is 10.2 Å². The number of methoxy groups -OCH3 is 1. The highest BCUT2D eigenvalue weighted by Crippen LogP contribution is 2.18. The molecule has 2 rings (SSSR count). The predicted octanol–water partition coefficient (Wildman–Crippen LogP) is 2.35. The summed E-state index contributed by atoms with van der Waals surface area (Å²) in [6.07, 6.45) is 4.74. The largest absolute Gasteiger partial charge is 0.383 e. The number of amides is 2. The van der Waals surface area contributed by atoms with Gasteiger partial charge < -0.3 is 15.0 Å². The lowest BCUT2D eigenvalue weighted by Crippen LogP contribution is -2.43.